The number of amides is 2. The summed E-state index contributed by atoms with van der Waals surface area (Å²) in [6.07, 6.45) is 1.38. The molecule has 0 bridgehead atoms. The maximum absolute atomic E-state index is 13.6. The number of hydrazone groups is 1. The van der Waals surface area contributed by atoms with Crippen LogP contribution >= 0.6 is 11.6 Å². The molecule has 4 aromatic rings. The van der Waals surface area contributed by atoms with Crippen molar-refractivity contribution in [3.8, 4) is 17.2 Å². The van der Waals surface area contributed by atoms with Crippen molar-refractivity contribution in [1.82, 2.24) is 5.43 Å². The molecule has 0 heterocycles. The van der Waals surface area contributed by atoms with E-state index in [-0.39, 0.29) is 33.9 Å². The Morgan fingerprint density at radius 2 is 1.55 bits per heavy atom. The Morgan fingerprint density at radius 3 is 2.20 bits per heavy atom. The van der Waals surface area contributed by atoms with E-state index in [1.54, 1.807) is 79.9 Å². The first kappa shape index (κ1) is 31.9. The molecule has 2 amide bonds. The Bertz CT molecular complexity index is 1720. The van der Waals surface area contributed by atoms with E-state index in [1.807, 2.05) is 0 Å². The Kier molecular flexibility index (Phi) is 10.8. The smallest absolute Gasteiger partial charge is 0.264 e. The number of carbonyl (C=O) groups is 2. The van der Waals surface area contributed by atoms with Crippen LogP contribution in [0, 0.1) is 0 Å². The number of anilines is 2. The van der Waals surface area contributed by atoms with E-state index in [4.69, 9.17) is 25.8 Å². The number of nitrogens with zero attached hydrogens (tertiary/aromatic N) is 2. The lowest BCUT2D eigenvalue weighted by Crippen LogP contribution is -2.39. The summed E-state index contributed by atoms with van der Waals surface area (Å²) < 4.78 is 44.0. The minimum Gasteiger partial charge on any atom is -0.497 e. The summed E-state index contributed by atoms with van der Waals surface area (Å²) in [6.45, 7) is -0.800. The van der Waals surface area contributed by atoms with Crippen LogP contribution < -0.4 is 29.3 Å². The predicted molar refractivity (Wildman–Crippen MR) is 168 cm³/mol. The standard InChI is InChI=1S/C31H29ClN4O7S/c1-41-25-15-11-24(12-16-25)34-31(38)21-43-26-13-8-22(9-14-26)19-33-35-30(37)20-36(28-18-23(32)10-17-29(28)42-2)44(39,40)27-6-4-3-5-7-27/h3-19H,20-21H2,1-2H3,(H,34,38)(H,35,37)/b33-19-. The number of carbonyl (C=O) groups excluding carboxylic acids is 2. The molecule has 0 unspecified atom stereocenters. The van der Waals surface area contributed by atoms with E-state index in [0.717, 1.165) is 4.31 Å². The SMILES string of the molecule is COc1ccc(NC(=O)COc2ccc(/C=N\NC(=O)CN(c3cc(Cl)ccc3OC)S(=O)(=O)c3ccccc3)cc2)cc1. The van der Waals surface area contributed by atoms with Crippen LogP contribution in [0.25, 0.3) is 0 Å². The summed E-state index contributed by atoms with van der Waals surface area (Å²) in [5.41, 5.74) is 3.67. The zero-order valence-corrected chi connectivity index (χ0v) is 25.3. The summed E-state index contributed by atoms with van der Waals surface area (Å²) in [6, 6.07) is 25.7. The number of nitrogens with one attached hydrogen (secondary N) is 2. The third-order valence-corrected chi connectivity index (χ3v) is 8.06. The molecule has 0 atom stereocenters. The fourth-order valence-electron chi connectivity index (χ4n) is 3.89. The highest BCUT2D eigenvalue weighted by Gasteiger charge is 2.29. The van der Waals surface area contributed by atoms with Crippen LogP contribution in [-0.2, 0) is 19.6 Å². The van der Waals surface area contributed by atoms with Gasteiger partial charge in [0.05, 0.1) is 31.0 Å². The summed E-state index contributed by atoms with van der Waals surface area (Å²) in [4.78, 5) is 25.1. The second-order valence-corrected chi connectivity index (χ2v) is 11.4. The molecule has 2 N–H and O–H groups in total. The Morgan fingerprint density at radius 1 is 0.864 bits per heavy atom. The lowest BCUT2D eigenvalue weighted by Gasteiger charge is -2.25. The summed E-state index contributed by atoms with van der Waals surface area (Å²) in [7, 11) is -1.23. The Hall–Kier alpha value is -5.07. The van der Waals surface area contributed by atoms with E-state index in [0.29, 0.717) is 22.7 Å². The molecule has 0 aliphatic heterocycles. The zero-order valence-electron chi connectivity index (χ0n) is 23.8. The van der Waals surface area contributed by atoms with Crippen LogP contribution in [0.5, 0.6) is 17.2 Å². The first-order valence-corrected chi connectivity index (χ1v) is 14.9. The van der Waals surface area contributed by atoms with Gasteiger partial charge in [0.25, 0.3) is 21.8 Å². The zero-order chi connectivity index (χ0) is 31.5. The molecule has 11 nitrogen and oxygen atoms in total. The van der Waals surface area contributed by atoms with Gasteiger partial charge < -0.3 is 19.5 Å². The van der Waals surface area contributed by atoms with Gasteiger partial charge in [0.1, 0.15) is 23.8 Å². The van der Waals surface area contributed by atoms with E-state index >= 15 is 0 Å². The van der Waals surface area contributed by atoms with Gasteiger partial charge in [0.15, 0.2) is 6.61 Å². The van der Waals surface area contributed by atoms with E-state index in [9.17, 15) is 18.0 Å². The van der Waals surface area contributed by atoms with Gasteiger partial charge in [0, 0.05) is 10.7 Å². The molecule has 4 rings (SSSR count). The molecule has 0 spiro atoms. The van der Waals surface area contributed by atoms with Gasteiger partial charge in [0.2, 0.25) is 0 Å². The fourth-order valence-corrected chi connectivity index (χ4v) is 5.50. The van der Waals surface area contributed by atoms with Crippen LogP contribution in [0.4, 0.5) is 11.4 Å². The number of methoxy groups -OCH3 is 2. The minimum atomic E-state index is -4.18. The Balaban J connectivity index is 1.37. The van der Waals surface area contributed by atoms with Crippen LogP contribution in [0.2, 0.25) is 5.02 Å². The first-order chi connectivity index (χ1) is 21.2. The molecular formula is C31H29ClN4O7S. The first-order valence-electron chi connectivity index (χ1n) is 13.1. The normalized spacial score (nSPS) is 11.1. The molecule has 0 radical (unpaired) electrons. The van der Waals surface area contributed by atoms with Gasteiger partial charge >= 0.3 is 0 Å². The maximum atomic E-state index is 13.6. The monoisotopic (exact) mass is 636 g/mol. The summed E-state index contributed by atoms with van der Waals surface area (Å²) in [5.74, 6) is 0.311. The highest BCUT2D eigenvalue weighted by Crippen LogP contribution is 2.34. The highest BCUT2D eigenvalue weighted by atomic mass is 35.5. The molecule has 0 aromatic heterocycles. The number of halogens is 1. The highest BCUT2D eigenvalue weighted by molar-refractivity contribution is 7.92. The molecular weight excluding hydrogens is 608 g/mol. The van der Waals surface area contributed by atoms with Crippen molar-refractivity contribution in [2.75, 3.05) is 37.0 Å². The second-order valence-electron chi connectivity index (χ2n) is 9.07. The summed E-state index contributed by atoms with van der Waals surface area (Å²) >= 11 is 6.16. The largest absolute Gasteiger partial charge is 0.497 e. The van der Waals surface area contributed by atoms with Gasteiger partial charge in [-0.2, -0.15) is 5.10 Å². The van der Waals surface area contributed by atoms with Crippen molar-refractivity contribution in [2.45, 2.75) is 4.90 Å². The molecule has 0 aliphatic rings. The molecule has 0 saturated carbocycles. The fraction of sp³-hybridized carbons (Fsp3) is 0.129. The average Bonchev–Trinajstić information content (AvgIpc) is 3.04. The van der Waals surface area contributed by atoms with Gasteiger partial charge in [-0.25, -0.2) is 13.8 Å². The van der Waals surface area contributed by atoms with E-state index < -0.39 is 22.5 Å². The van der Waals surface area contributed by atoms with Gasteiger partial charge in [-0.05, 0) is 84.4 Å². The van der Waals surface area contributed by atoms with Gasteiger partial charge in [-0.3, -0.25) is 13.9 Å². The maximum Gasteiger partial charge on any atom is 0.264 e. The molecule has 44 heavy (non-hydrogen) atoms. The molecule has 0 aliphatic carbocycles. The average molecular weight is 637 g/mol. The van der Waals surface area contributed by atoms with Crippen LogP contribution in [0.1, 0.15) is 5.56 Å². The third kappa shape index (κ3) is 8.49. The van der Waals surface area contributed by atoms with Crippen molar-refractivity contribution < 1.29 is 32.2 Å². The van der Waals surface area contributed by atoms with Crippen molar-refractivity contribution in [3.63, 3.8) is 0 Å². The van der Waals surface area contributed by atoms with E-state index in [1.165, 1.54) is 37.6 Å². The van der Waals surface area contributed by atoms with Crippen LogP contribution in [-0.4, -0.2) is 53.8 Å². The van der Waals surface area contributed by atoms with Crippen LogP contribution in [0.3, 0.4) is 0 Å². The molecule has 4 aromatic carbocycles. The topological polar surface area (TPSA) is 136 Å². The number of hydrogen-bond acceptors (Lipinski definition) is 8. The van der Waals surface area contributed by atoms with Gasteiger partial charge in [-0.1, -0.05) is 29.8 Å². The lowest BCUT2D eigenvalue weighted by molar-refractivity contribution is -0.119. The Labute approximate surface area is 260 Å². The number of ether oxygens (including phenoxy) is 3. The molecule has 228 valence electrons. The van der Waals surface area contributed by atoms with E-state index in [2.05, 4.69) is 15.8 Å². The predicted octanol–water partition coefficient (Wildman–Crippen LogP) is 4.72. The molecule has 0 fully saturated rings. The van der Waals surface area contributed by atoms with Crippen molar-refractivity contribution >= 4 is 51.0 Å². The van der Waals surface area contributed by atoms with Crippen LogP contribution in [0.15, 0.2) is 107 Å². The molecule has 13 heteroatoms. The summed E-state index contributed by atoms with van der Waals surface area (Å²) in [5, 5.41) is 6.94. The quantitative estimate of drug-likeness (QED) is 0.160. The van der Waals surface area contributed by atoms with Gasteiger partial charge in [-0.15, -0.1) is 0 Å². The lowest BCUT2D eigenvalue weighted by atomic mass is 10.2. The van der Waals surface area contributed by atoms with Crippen molar-refractivity contribution in [3.05, 3.63) is 108 Å². The third-order valence-electron chi connectivity index (χ3n) is 6.05. The second kappa shape index (κ2) is 14.9. The number of hydrogen-bond donors (Lipinski definition) is 2. The minimum absolute atomic E-state index is 0.0150. The number of rotatable bonds is 13. The number of sulfonamides is 1. The van der Waals surface area contributed by atoms with Crippen molar-refractivity contribution in [1.29, 1.82) is 0 Å². The van der Waals surface area contributed by atoms with Crippen molar-refractivity contribution in [2.24, 2.45) is 5.10 Å². The molecule has 0 saturated heterocycles. The number of benzene rings is 4.